The van der Waals surface area contributed by atoms with Crippen molar-refractivity contribution in [2.45, 2.75) is 6.92 Å². The van der Waals surface area contributed by atoms with Crippen LogP contribution in [0.15, 0.2) is 72.8 Å². The van der Waals surface area contributed by atoms with E-state index in [9.17, 15) is 4.57 Å². The van der Waals surface area contributed by atoms with E-state index in [-0.39, 0.29) is 0 Å². The molecule has 0 radical (unpaired) electrons. The Labute approximate surface area is 141 Å². The van der Waals surface area contributed by atoms with E-state index in [2.05, 4.69) is 6.07 Å². The van der Waals surface area contributed by atoms with Crippen LogP contribution < -0.4 is 9.83 Å². The molecule has 0 saturated carbocycles. The first-order valence-electron chi connectivity index (χ1n) is 7.95. The molecule has 0 aromatic heterocycles. The molecule has 4 rings (SSSR count). The molecule has 0 aliphatic carbocycles. The molecule has 3 aromatic carbocycles. The van der Waals surface area contributed by atoms with Gasteiger partial charge in [0.15, 0.2) is 0 Å². The highest BCUT2D eigenvalue weighted by Gasteiger charge is 2.37. The van der Waals surface area contributed by atoms with Gasteiger partial charge in [0.1, 0.15) is 5.75 Å². The van der Waals surface area contributed by atoms with E-state index in [0.717, 1.165) is 22.3 Å². The van der Waals surface area contributed by atoms with Crippen molar-refractivity contribution in [1.82, 2.24) is 0 Å². The molecule has 0 N–H and O–H groups in total. The molecule has 0 fully saturated rings. The van der Waals surface area contributed by atoms with Gasteiger partial charge in [0, 0.05) is 11.1 Å². The largest absolute Gasteiger partial charge is 0.421 e. The third-order valence-electron chi connectivity index (χ3n) is 4.10. The first kappa shape index (κ1) is 15.2. The van der Waals surface area contributed by atoms with E-state index < -0.39 is 7.60 Å². The van der Waals surface area contributed by atoms with Crippen molar-refractivity contribution >= 4 is 12.9 Å². The van der Waals surface area contributed by atoms with E-state index in [0.29, 0.717) is 17.7 Å². The molecule has 120 valence electrons. The third-order valence-corrected chi connectivity index (χ3v) is 6.11. The predicted molar refractivity (Wildman–Crippen MR) is 96.8 cm³/mol. The van der Waals surface area contributed by atoms with Crippen LogP contribution in [0.5, 0.6) is 5.75 Å². The van der Waals surface area contributed by atoms with Gasteiger partial charge in [-0.2, -0.15) is 0 Å². The maximum Gasteiger partial charge on any atom is 0.411 e. The zero-order chi connectivity index (χ0) is 16.6. The number of hydrogen-bond donors (Lipinski definition) is 0. The monoisotopic (exact) mass is 336 g/mol. The van der Waals surface area contributed by atoms with Gasteiger partial charge in [-0.25, -0.2) is 4.57 Å². The Morgan fingerprint density at radius 3 is 2.42 bits per heavy atom. The highest BCUT2D eigenvalue weighted by Crippen LogP contribution is 2.55. The Bertz CT molecular complexity index is 935. The normalized spacial score (nSPS) is 18.4. The molecule has 0 spiro atoms. The fourth-order valence-corrected chi connectivity index (χ4v) is 4.81. The number of fused-ring (bicyclic) bond motifs is 3. The van der Waals surface area contributed by atoms with Crippen LogP contribution in [-0.2, 0) is 9.09 Å². The molecule has 1 unspecified atom stereocenters. The Hall–Kier alpha value is -2.35. The van der Waals surface area contributed by atoms with Gasteiger partial charge in [0.25, 0.3) is 0 Å². The Morgan fingerprint density at radius 2 is 1.62 bits per heavy atom. The van der Waals surface area contributed by atoms with Crippen LogP contribution >= 0.6 is 7.60 Å². The van der Waals surface area contributed by atoms with Crippen LogP contribution in [0, 0.1) is 0 Å². The van der Waals surface area contributed by atoms with Crippen LogP contribution in [0.1, 0.15) is 6.92 Å². The van der Waals surface area contributed by atoms with Crippen molar-refractivity contribution < 1.29 is 13.6 Å². The smallest absolute Gasteiger partial charge is 0.411 e. The zero-order valence-electron chi connectivity index (χ0n) is 13.3. The molecule has 0 saturated heterocycles. The van der Waals surface area contributed by atoms with Crippen LogP contribution in [0.3, 0.4) is 0 Å². The minimum Gasteiger partial charge on any atom is -0.421 e. The average molecular weight is 336 g/mol. The molecule has 1 atom stereocenters. The first-order chi connectivity index (χ1) is 11.7. The topological polar surface area (TPSA) is 35.5 Å². The van der Waals surface area contributed by atoms with Crippen LogP contribution in [0.25, 0.3) is 22.3 Å². The lowest BCUT2D eigenvalue weighted by atomic mass is 9.99. The molecule has 0 bridgehead atoms. The van der Waals surface area contributed by atoms with E-state index in [1.165, 1.54) is 0 Å². The van der Waals surface area contributed by atoms with Crippen molar-refractivity contribution in [3.63, 3.8) is 0 Å². The minimum absolute atomic E-state index is 0.333. The fourth-order valence-electron chi connectivity index (χ4n) is 3.02. The van der Waals surface area contributed by atoms with E-state index >= 15 is 0 Å². The molecule has 4 heteroatoms. The second kappa shape index (κ2) is 5.94. The quantitative estimate of drug-likeness (QED) is 0.611. The summed E-state index contributed by atoms with van der Waals surface area (Å²) in [6, 6.07) is 23.7. The highest BCUT2D eigenvalue weighted by atomic mass is 31.2. The van der Waals surface area contributed by atoms with Crippen LogP contribution in [-0.4, -0.2) is 6.61 Å². The van der Waals surface area contributed by atoms with Crippen molar-refractivity contribution in [1.29, 1.82) is 0 Å². The van der Waals surface area contributed by atoms with Gasteiger partial charge in [-0.3, -0.25) is 4.52 Å². The number of hydrogen-bond acceptors (Lipinski definition) is 3. The van der Waals surface area contributed by atoms with Gasteiger partial charge in [0.05, 0.1) is 11.9 Å². The van der Waals surface area contributed by atoms with Gasteiger partial charge in [0.2, 0.25) is 0 Å². The lowest BCUT2D eigenvalue weighted by Gasteiger charge is -2.28. The van der Waals surface area contributed by atoms with Crippen molar-refractivity contribution in [2.75, 3.05) is 6.61 Å². The molecule has 1 heterocycles. The van der Waals surface area contributed by atoms with Gasteiger partial charge in [-0.1, -0.05) is 54.6 Å². The van der Waals surface area contributed by atoms with Gasteiger partial charge in [-0.05, 0) is 36.2 Å². The molecular formula is C20H17O3P. The Balaban J connectivity index is 1.89. The zero-order valence-corrected chi connectivity index (χ0v) is 14.2. The molecular weight excluding hydrogens is 319 g/mol. The Morgan fingerprint density at radius 1 is 0.875 bits per heavy atom. The lowest BCUT2D eigenvalue weighted by molar-refractivity contribution is 0.288. The molecule has 3 nitrogen and oxygen atoms in total. The van der Waals surface area contributed by atoms with Gasteiger partial charge >= 0.3 is 7.60 Å². The summed E-state index contributed by atoms with van der Waals surface area (Å²) in [7, 11) is -3.35. The molecule has 1 aliphatic heterocycles. The fraction of sp³-hybridized carbons (Fsp3) is 0.100. The molecule has 24 heavy (non-hydrogen) atoms. The second-order valence-electron chi connectivity index (χ2n) is 5.60. The summed E-state index contributed by atoms with van der Waals surface area (Å²) in [5.74, 6) is 0.604. The van der Waals surface area contributed by atoms with E-state index in [4.69, 9.17) is 9.05 Å². The number of rotatable bonds is 3. The van der Waals surface area contributed by atoms with E-state index in [1.54, 1.807) is 0 Å². The van der Waals surface area contributed by atoms with Crippen molar-refractivity contribution in [3.8, 4) is 28.0 Å². The molecule has 1 aliphatic rings. The van der Waals surface area contributed by atoms with Crippen molar-refractivity contribution in [2.24, 2.45) is 0 Å². The SMILES string of the molecule is CCOP1(=O)Oc2cc(-c3ccccc3)ccc2-c2ccccc21. The van der Waals surface area contributed by atoms with Crippen LogP contribution in [0.4, 0.5) is 0 Å². The highest BCUT2D eigenvalue weighted by molar-refractivity contribution is 7.63. The summed E-state index contributed by atoms with van der Waals surface area (Å²) in [5.41, 5.74) is 3.97. The maximum atomic E-state index is 13.2. The molecule has 3 aromatic rings. The minimum atomic E-state index is -3.35. The summed E-state index contributed by atoms with van der Waals surface area (Å²) < 4.78 is 24.6. The summed E-state index contributed by atoms with van der Waals surface area (Å²) in [6.45, 7) is 2.15. The van der Waals surface area contributed by atoms with Gasteiger partial charge < -0.3 is 4.52 Å². The number of benzene rings is 3. The summed E-state index contributed by atoms with van der Waals surface area (Å²) in [5, 5.41) is 0.631. The van der Waals surface area contributed by atoms with Crippen molar-refractivity contribution in [3.05, 3.63) is 72.8 Å². The third kappa shape index (κ3) is 2.47. The van der Waals surface area contributed by atoms with E-state index in [1.807, 2.05) is 73.7 Å². The standard InChI is InChI=1S/C20H17O3P/c1-2-22-24(21)20-11-7-6-10-18(20)17-13-12-16(14-19(17)23-24)15-8-4-3-5-9-15/h3-14H,2H2,1H3. The molecule has 0 amide bonds. The summed E-state index contributed by atoms with van der Waals surface area (Å²) in [4.78, 5) is 0. The Kier molecular flexibility index (Phi) is 3.76. The average Bonchev–Trinajstić information content (AvgIpc) is 2.62. The summed E-state index contributed by atoms with van der Waals surface area (Å²) >= 11 is 0. The van der Waals surface area contributed by atoms with Crippen LogP contribution in [0.2, 0.25) is 0 Å². The second-order valence-corrected chi connectivity index (χ2v) is 7.52. The van der Waals surface area contributed by atoms with Gasteiger partial charge in [-0.15, -0.1) is 0 Å². The summed E-state index contributed by atoms with van der Waals surface area (Å²) in [6.07, 6.45) is 0. The predicted octanol–water partition coefficient (Wildman–Crippen LogP) is 5.27. The first-order valence-corrected chi connectivity index (χ1v) is 9.49. The maximum absolute atomic E-state index is 13.2. The lowest BCUT2D eigenvalue weighted by Crippen LogP contribution is -2.19.